The Morgan fingerprint density at radius 3 is 2.57 bits per heavy atom. The van der Waals surface area contributed by atoms with Crippen molar-refractivity contribution in [3.8, 4) is 17.2 Å². The average molecular weight is 423 g/mol. The molecule has 2 aromatic carbocycles. The van der Waals surface area contributed by atoms with Crippen LogP contribution in [0.2, 0.25) is 5.02 Å². The third-order valence-electron chi connectivity index (χ3n) is 3.88. The molecule has 0 aliphatic carbocycles. The zero-order valence-corrected chi connectivity index (χ0v) is 16.9. The predicted octanol–water partition coefficient (Wildman–Crippen LogP) is 3.70. The molecule has 0 bridgehead atoms. The molecule has 28 heavy (non-hydrogen) atoms. The van der Waals surface area contributed by atoms with Crippen molar-refractivity contribution in [2.45, 2.75) is 6.92 Å². The number of anilines is 2. The molecular weight excluding hydrogens is 404 g/mol. The van der Waals surface area contributed by atoms with E-state index in [4.69, 9.17) is 25.8 Å². The van der Waals surface area contributed by atoms with Gasteiger partial charge in [0.25, 0.3) is 0 Å². The van der Waals surface area contributed by atoms with Gasteiger partial charge >= 0.3 is 0 Å². The summed E-state index contributed by atoms with van der Waals surface area (Å²) in [6, 6.07) is 8.57. The molecule has 148 valence electrons. The number of carbonyl (C=O) groups excluding carboxylic acids is 2. The Hall–Kier alpha value is -2.58. The summed E-state index contributed by atoms with van der Waals surface area (Å²) < 4.78 is 15.7. The third kappa shape index (κ3) is 5.02. The minimum atomic E-state index is -0.235. The lowest BCUT2D eigenvalue weighted by molar-refractivity contribution is -0.114. The Morgan fingerprint density at radius 2 is 1.82 bits per heavy atom. The van der Waals surface area contributed by atoms with Gasteiger partial charge in [-0.3, -0.25) is 9.59 Å². The standard InChI is InChI=1S/C19H19ClN2O5S/c1-11-5-14(16(25-2)7-13(11)20)22-19(24)9-28-8-18(23)21-12-3-4-15-17(6-12)27-10-26-15/h3-7H,8-10H2,1-2H3,(H,21,23)(H,22,24). The molecule has 2 amide bonds. The minimum absolute atomic E-state index is 0.124. The fraction of sp³-hybridized carbons (Fsp3) is 0.263. The first-order valence-electron chi connectivity index (χ1n) is 8.37. The molecule has 2 aromatic rings. The maximum Gasteiger partial charge on any atom is 0.234 e. The zero-order valence-electron chi connectivity index (χ0n) is 15.3. The predicted molar refractivity (Wildman–Crippen MR) is 110 cm³/mol. The number of hydrogen-bond acceptors (Lipinski definition) is 6. The normalized spacial score (nSPS) is 11.8. The number of methoxy groups -OCH3 is 1. The number of benzene rings is 2. The summed E-state index contributed by atoms with van der Waals surface area (Å²) in [5.74, 6) is 1.54. The Kier molecular flexibility index (Phi) is 6.53. The molecule has 1 aliphatic heterocycles. The summed E-state index contributed by atoms with van der Waals surface area (Å²) in [7, 11) is 1.51. The summed E-state index contributed by atoms with van der Waals surface area (Å²) in [6.45, 7) is 2.02. The van der Waals surface area contributed by atoms with Crippen LogP contribution in [-0.4, -0.2) is 37.2 Å². The van der Waals surface area contributed by atoms with Crippen molar-refractivity contribution in [1.82, 2.24) is 0 Å². The average Bonchev–Trinajstić information content (AvgIpc) is 3.12. The first-order chi connectivity index (χ1) is 13.5. The Balaban J connectivity index is 1.46. The van der Waals surface area contributed by atoms with E-state index < -0.39 is 0 Å². The smallest absolute Gasteiger partial charge is 0.234 e. The summed E-state index contributed by atoms with van der Waals surface area (Å²) >= 11 is 7.27. The number of thioether (sulfide) groups is 1. The van der Waals surface area contributed by atoms with Gasteiger partial charge in [0.05, 0.1) is 24.3 Å². The van der Waals surface area contributed by atoms with Gasteiger partial charge in [-0.05, 0) is 30.7 Å². The fourth-order valence-electron chi connectivity index (χ4n) is 2.52. The second-order valence-electron chi connectivity index (χ2n) is 5.96. The molecule has 0 fully saturated rings. The largest absolute Gasteiger partial charge is 0.495 e. The fourth-order valence-corrected chi connectivity index (χ4v) is 3.29. The number of rotatable bonds is 7. The number of halogens is 1. The lowest BCUT2D eigenvalue weighted by atomic mass is 10.2. The topological polar surface area (TPSA) is 85.9 Å². The van der Waals surface area contributed by atoms with Gasteiger partial charge in [-0.1, -0.05) is 11.6 Å². The molecule has 0 unspecified atom stereocenters. The number of nitrogens with one attached hydrogen (secondary N) is 2. The Morgan fingerprint density at radius 1 is 1.11 bits per heavy atom. The highest BCUT2D eigenvalue weighted by molar-refractivity contribution is 8.00. The molecule has 0 aromatic heterocycles. The van der Waals surface area contributed by atoms with E-state index in [1.807, 2.05) is 6.92 Å². The van der Waals surface area contributed by atoms with Crippen LogP contribution in [0.4, 0.5) is 11.4 Å². The summed E-state index contributed by atoms with van der Waals surface area (Å²) in [4.78, 5) is 24.2. The maximum atomic E-state index is 12.2. The summed E-state index contributed by atoms with van der Waals surface area (Å²) in [5, 5.41) is 6.10. The van der Waals surface area contributed by atoms with Gasteiger partial charge in [-0.25, -0.2) is 0 Å². The lowest BCUT2D eigenvalue weighted by Crippen LogP contribution is -2.18. The van der Waals surface area contributed by atoms with Gasteiger partial charge in [0, 0.05) is 22.8 Å². The number of fused-ring (bicyclic) bond motifs is 1. The molecule has 0 radical (unpaired) electrons. The molecule has 7 nitrogen and oxygen atoms in total. The molecule has 0 atom stereocenters. The van der Waals surface area contributed by atoms with Crippen molar-refractivity contribution in [3.63, 3.8) is 0 Å². The maximum absolute atomic E-state index is 12.2. The van der Waals surface area contributed by atoms with E-state index in [9.17, 15) is 9.59 Å². The van der Waals surface area contributed by atoms with E-state index in [0.29, 0.717) is 33.6 Å². The minimum Gasteiger partial charge on any atom is -0.495 e. The van der Waals surface area contributed by atoms with E-state index in [0.717, 1.165) is 5.56 Å². The third-order valence-corrected chi connectivity index (χ3v) is 5.22. The number of ether oxygens (including phenoxy) is 3. The van der Waals surface area contributed by atoms with Crippen molar-refractivity contribution in [1.29, 1.82) is 0 Å². The van der Waals surface area contributed by atoms with Crippen molar-refractivity contribution >= 4 is 46.6 Å². The van der Waals surface area contributed by atoms with Crippen LogP contribution in [0.25, 0.3) is 0 Å². The van der Waals surface area contributed by atoms with Crippen LogP contribution in [0.5, 0.6) is 17.2 Å². The monoisotopic (exact) mass is 422 g/mol. The molecule has 0 spiro atoms. The van der Waals surface area contributed by atoms with Crippen LogP contribution in [0.1, 0.15) is 5.56 Å². The quantitative estimate of drug-likeness (QED) is 0.707. The van der Waals surface area contributed by atoms with Crippen molar-refractivity contribution in [2.75, 3.05) is 36.0 Å². The molecule has 2 N–H and O–H groups in total. The highest BCUT2D eigenvalue weighted by Crippen LogP contribution is 2.34. The Bertz CT molecular complexity index is 906. The van der Waals surface area contributed by atoms with Crippen molar-refractivity contribution < 1.29 is 23.8 Å². The Labute approximate surface area is 171 Å². The van der Waals surface area contributed by atoms with Crippen LogP contribution in [-0.2, 0) is 9.59 Å². The van der Waals surface area contributed by atoms with Gasteiger partial charge in [0.2, 0.25) is 18.6 Å². The van der Waals surface area contributed by atoms with Crippen LogP contribution in [0.15, 0.2) is 30.3 Å². The highest BCUT2D eigenvalue weighted by Gasteiger charge is 2.15. The van der Waals surface area contributed by atoms with E-state index in [1.165, 1.54) is 18.9 Å². The molecule has 9 heteroatoms. The molecule has 0 saturated carbocycles. The number of amides is 2. The van der Waals surface area contributed by atoms with Gasteiger partial charge in [0.1, 0.15) is 5.75 Å². The van der Waals surface area contributed by atoms with Gasteiger partial charge < -0.3 is 24.8 Å². The first kappa shape index (κ1) is 20.2. The van der Waals surface area contributed by atoms with Crippen LogP contribution in [0, 0.1) is 6.92 Å². The SMILES string of the molecule is COc1cc(Cl)c(C)cc1NC(=O)CSCC(=O)Nc1ccc2c(c1)OCO2. The molecule has 1 heterocycles. The van der Waals surface area contributed by atoms with Gasteiger partial charge in [0.15, 0.2) is 11.5 Å². The molecular formula is C19H19ClN2O5S. The number of hydrogen-bond donors (Lipinski definition) is 2. The van der Waals surface area contributed by atoms with Crippen LogP contribution >= 0.6 is 23.4 Å². The van der Waals surface area contributed by atoms with Gasteiger partial charge in [-0.15, -0.1) is 11.8 Å². The second-order valence-corrected chi connectivity index (χ2v) is 7.35. The van der Waals surface area contributed by atoms with E-state index in [-0.39, 0.29) is 30.1 Å². The first-order valence-corrected chi connectivity index (χ1v) is 9.91. The number of aryl methyl sites for hydroxylation is 1. The second kappa shape index (κ2) is 9.07. The molecule has 1 aliphatic rings. The highest BCUT2D eigenvalue weighted by atomic mass is 35.5. The summed E-state index contributed by atoms with van der Waals surface area (Å²) in [6.07, 6.45) is 0. The molecule has 0 saturated heterocycles. The summed E-state index contributed by atoms with van der Waals surface area (Å²) in [5.41, 5.74) is 1.98. The van der Waals surface area contributed by atoms with Crippen molar-refractivity contribution in [2.24, 2.45) is 0 Å². The van der Waals surface area contributed by atoms with Crippen LogP contribution < -0.4 is 24.8 Å². The molecule has 3 rings (SSSR count). The van der Waals surface area contributed by atoms with Crippen molar-refractivity contribution in [3.05, 3.63) is 40.9 Å². The number of carbonyl (C=O) groups is 2. The lowest BCUT2D eigenvalue weighted by Gasteiger charge is -2.12. The van der Waals surface area contributed by atoms with E-state index in [2.05, 4.69) is 10.6 Å². The van der Waals surface area contributed by atoms with Gasteiger partial charge in [-0.2, -0.15) is 0 Å². The van der Waals surface area contributed by atoms with E-state index >= 15 is 0 Å². The van der Waals surface area contributed by atoms with E-state index in [1.54, 1.807) is 30.3 Å². The zero-order chi connectivity index (χ0) is 20.1. The van der Waals surface area contributed by atoms with Crippen LogP contribution in [0.3, 0.4) is 0 Å².